The summed E-state index contributed by atoms with van der Waals surface area (Å²) < 4.78 is 10.5. The first-order valence-corrected chi connectivity index (χ1v) is 6.91. The van der Waals surface area contributed by atoms with Crippen molar-refractivity contribution < 1.29 is 14.6 Å². The molecule has 0 aliphatic rings. The first-order valence-electron chi connectivity index (χ1n) is 6.53. The Balaban J connectivity index is 2.01. The smallest absolute Gasteiger partial charge is 0.179 e. The average molecular weight is 308 g/mol. The predicted molar refractivity (Wildman–Crippen MR) is 83.2 cm³/mol. The lowest BCUT2D eigenvalue weighted by atomic mass is 10.1. The molecule has 112 valence electrons. The van der Waals surface area contributed by atoms with Gasteiger partial charge < -0.3 is 19.9 Å². The normalized spacial score (nSPS) is 10.4. The molecule has 0 aliphatic carbocycles. The first-order chi connectivity index (χ1) is 10.2. The number of phenols is 1. The first kappa shape index (κ1) is 15.5. The van der Waals surface area contributed by atoms with E-state index in [0.717, 1.165) is 11.1 Å². The van der Waals surface area contributed by atoms with Gasteiger partial charge in [0.15, 0.2) is 11.5 Å². The third-order valence-corrected chi connectivity index (χ3v) is 3.56. The van der Waals surface area contributed by atoms with Crippen LogP contribution in [0.4, 0.5) is 0 Å². The van der Waals surface area contributed by atoms with Crippen molar-refractivity contribution in [2.75, 3.05) is 14.2 Å². The molecule has 0 spiro atoms. The number of phenolic OH excluding ortho intramolecular Hbond substituents is 1. The number of halogens is 1. The monoisotopic (exact) mass is 307 g/mol. The molecule has 0 aromatic heterocycles. The summed E-state index contributed by atoms with van der Waals surface area (Å²) in [7, 11) is 3.15. The van der Waals surface area contributed by atoms with E-state index in [1.54, 1.807) is 26.4 Å². The van der Waals surface area contributed by atoms with E-state index < -0.39 is 0 Å². The zero-order chi connectivity index (χ0) is 15.2. The van der Waals surface area contributed by atoms with Crippen LogP contribution < -0.4 is 14.8 Å². The second kappa shape index (κ2) is 7.20. The molecule has 0 fully saturated rings. The molecule has 21 heavy (non-hydrogen) atoms. The molecule has 0 radical (unpaired) electrons. The highest BCUT2D eigenvalue weighted by atomic mass is 35.5. The summed E-state index contributed by atoms with van der Waals surface area (Å²) in [5.41, 5.74) is 2.03. The molecular weight excluding hydrogens is 290 g/mol. The molecule has 0 aliphatic heterocycles. The number of rotatable bonds is 6. The van der Waals surface area contributed by atoms with Crippen LogP contribution in [0.1, 0.15) is 11.1 Å². The van der Waals surface area contributed by atoms with Crippen LogP contribution in [0.15, 0.2) is 36.4 Å². The second-order valence-electron chi connectivity index (χ2n) is 4.54. The van der Waals surface area contributed by atoms with Crippen molar-refractivity contribution in [3.63, 3.8) is 0 Å². The Labute approximate surface area is 129 Å². The Morgan fingerprint density at radius 3 is 2.33 bits per heavy atom. The highest BCUT2D eigenvalue weighted by Crippen LogP contribution is 2.37. The largest absolute Gasteiger partial charge is 0.508 e. The van der Waals surface area contributed by atoms with Crippen molar-refractivity contribution in [1.82, 2.24) is 5.32 Å². The Hall–Kier alpha value is -1.91. The third-order valence-electron chi connectivity index (χ3n) is 3.15. The van der Waals surface area contributed by atoms with Gasteiger partial charge in [-0.2, -0.15) is 0 Å². The van der Waals surface area contributed by atoms with Crippen LogP contribution in [0, 0.1) is 0 Å². The molecule has 0 heterocycles. The molecule has 2 N–H and O–H groups in total. The number of hydrogen-bond donors (Lipinski definition) is 2. The van der Waals surface area contributed by atoms with Gasteiger partial charge in [-0.3, -0.25) is 0 Å². The third kappa shape index (κ3) is 3.80. The minimum absolute atomic E-state index is 0.265. The summed E-state index contributed by atoms with van der Waals surface area (Å²) >= 11 is 6.32. The molecular formula is C16H18ClNO3. The summed E-state index contributed by atoms with van der Waals surface area (Å²) in [4.78, 5) is 0. The molecule has 0 saturated heterocycles. The summed E-state index contributed by atoms with van der Waals surface area (Å²) in [5.74, 6) is 1.43. The summed E-state index contributed by atoms with van der Waals surface area (Å²) in [5, 5.41) is 13.1. The lowest BCUT2D eigenvalue weighted by Crippen LogP contribution is -2.13. The van der Waals surface area contributed by atoms with Crippen LogP contribution in [-0.2, 0) is 13.1 Å². The maximum Gasteiger partial charge on any atom is 0.179 e. The van der Waals surface area contributed by atoms with Crippen LogP contribution in [0.5, 0.6) is 17.2 Å². The summed E-state index contributed by atoms with van der Waals surface area (Å²) in [6, 6.07) is 10.8. The van der Waals surface area contributed by atoms with Crippen molar-refractivity contribution in [1.29, 1.82) is 0 Å². The Morgan fingerprint density at radius 2 is 1.71 bits per heavy atom. The molecule has 0 unspecified atom stereocenters. The topological polar surface area (TPSA) is 50.7 Å². The van der Waals surface area contributed by atoms with Crippen molar-refractivity contribution in [3.8, 4) is 17.2 Å². The summed E-state index contributed by atoms with van der Waals surface area (Å²) in [6.07, 6.45) is 0. The van der Waals surface area contributed by atoms with E-state index in [-0.39, 0.29) is 5.75 Å². The van der Waals surface area contributed by atoms with Gasteiger partial charge in [0, 0.05) is 13.1 Å². The van der Waals surface area contributed by atoms with Crippen LogP contribution in [0.3, 0.4) is 0 Å². The van der Waals surface area contributed by atoms with E-state index in [4.69, 9.17) is 21.1 Å². The van der Waals surface area contributed by atoms with Crippen molar-refractivity contribution in [2.45, 2.75) is 13.1 Å². The van der Waals surface area contributed by atoms with Gasteiger partial charge in [0.05, 0.1) is 19.2 Å². The zero-order valence-electron chi connectivity index (χ0n) is 12.0. The second-order valence-corrected chi connectivity index (χ2v) is 4.92. The fourth-order valence-electron chi connectivity index (χ4n) is 2.02. The molecule has 4 nitrogen and oxygen atoms in total. The number of nitrogens with one attached hydrogen (secondary N) is 1. The number of aromatic hydroxyl groups is 1. The van der Waals surface area contributed by atoms with Crippen molar-refractivity contribution >= 4 is 11.6 Å². The van der Waals surface area contributed by atoms with Gasteiger partial charge in [-0.25, -0.2) is 0 Å². The predicted octanol–water partition coefficient (Wildman–Crippen LogP) is 3.35. The Bertz CT molecular complexity index is 599. The highest BCUT2D eigenvalue weighted by molar-refractivity contribution is 6.33. The quantitative estimate of drug-likeness (QED) is 0.859. The van der Waals surface area contributed by atoms with Gasteiger partial charge in [0.25, 0.3) is 0 Å². The minimum Gasteiger partial charge on any atom is -0.508 e. The lowest BCUT2D eigenvalue weighted by Gasteiger charge is -2.13. The van der Waals surface area contributed by atoms with E-state index in [1.165, 1.54) is 0 Å². The number of methoxy groups -OCH3 is 2. The zero-order valence-corrected chi connectivity index (χ0v) is 12.8. The summed E-state index contributed by atoms with van der Waals surface area (Å²) in [6.45, 7) is 1.30. The fourth-order valence-corrected chi connectivity index (χ4v) is 2.32. The van der Waals surface area contributed by atoms with E-state index >= 15 is 0 Å². The fraction of sp³-hybridized carbons (Fsp3) is 0.250. The van der Waals surface area contributed by atoms with Gasteiger partial charge in [-0.15, -0.1) is 0 Å². The molecule has 5 heteroatoms. The van der Waals surface area contributed by atoms with E-state index in [9.17, 15) is 5.11 Å². The van der Waals surface area contributed by atoms with Crippen LogP contribution in [-0.4, -0.2) is 19.3 Å². The average Bonchev–Trinajstić information content (AvgIpc) is 2.50. The minimum atomic E-state index is 0.265. The molecule has 0 amide bonds. The molecule has 0 bridgehead atoms. The number of hydrogen-bond acceptors (Lipinski definition) is 4. The maximum absolute atomic E-state index is 9.24. The van der Waals surface area contributed by atoms with Gasteiger partial charge in [0.1, 0.15) is 5.75 Å². The van der Waals surface area contributed by atoms with E-state index in [1.807, 2.05) is 24.3 Å². The lowest BCUT2D eigenvalue weighted by molar-refractivity contribution is 0.354. The standard InChI is InChI=1S/C16H18ClNO3/c1-20-14-8-5-12(15(17)16(14)21-2)10-18-9-11-3-6-13(19)7-4-11/h3-8,18-19H,9-10H2,1-2H3. The van der Waals surface area contributed by atoms with Gasteiger partial charge >= 0.3 is 0 Å². The van der Waals surface area contributed by atoms with E-state index in [0.29, 0.717) is 29.6 Å². The highest BCUT2D eigenvalue weighted by Gasteiger charge is 2.12. The SMILES string of the molecule is COc1ccc(CNCc2ccc(O)cc2)c(Cl)c1OC. The van der Waals surface area contributed by atoms with Crippen LogP contribution in [0.2, 0.25) is 5.02 Å². The number of benzene rings is 2. The molecule has 0 saturated carbocycles. The van der Waals surface area contributed by atoms with Gasteiger partial charge in [-0.1, -0.05) is 29.8 Å². The van der Waals surface area contributed by atoms with Crippen molar-refractivity contribution in [3.05, 3.63) is 52.5 Å². The van der Waals surface area contributed by atoms with Gasteiger partial charge in [0.2, 0.25) is 0 Å². The Morgan fingerprint density at radius 1 is 1.00 bits per heavy atom. The number of ether oxygens (including phenoxy) is 2. The van der Waals surface area contributed by atoms with Crippen molar-refractivity contribution in [2.24, 2.45) is 0 Å². The Kier molecular flexibility index (Phi) is 5.31. The van der Waals surface area contributed by atoms with Crippen LogP contribution >= 0.6 is 11.6 Å². The van der Waals surface area contributed by atoms with Gasteiger partial charge in [-0.05, 0) is 29.3 Å². The van der Waals surface area contributed by atoms with Crippen LogP contribution in [0.25, 0.3) is 0 Å². The molecule has 2 aromatic rings. The maximum atomic E-state index is 9.24. The van der Waals surface area contributed by atoms with E-state index in [2.05, 4.69) is 5.32 Å². The molecule has 2 aromatic carbocycles. The molecule has 0 atom stereocenters. The molecule has 2 rings (SSSR count).